The zero-order valence-corrected chi connectivity index (χ0v) is 25.9. The second-order valence-electron chi connectivity index (χ2n) is 12.9. The van der Waals surface area contributed by atoms with E-state index in [1.807, 2.05) is 6.92 Å². The minimum Gasteiger partial charge on any atom is -0.444 e. The third kappa shape index (κ3) is 8.88. The molecule has 3 aliphatic rings. The highest BCUT2D eigenvalue weighted by molar-refractivity contribution is 6.38. The van der Waals surface area contributed by atoms with Crippen LogP contribution < -0.4 is 16.0 Å². The Morgan fingerprint density at radius 2 is 1.67 bits per heavy atom. The number of rotatable bonds is 13. The first-order valence-electron chi connectivity index (χ1n) is 15.4. The second-order valence-corrected chi connectivity index (χ2v) is 12.9. The van der Waals surface area contributed by atoms with E-state index >= 15 is 0 Å². The van der Waals surface area contributed by atoms with Crippen LogP contribution in [0.5, 0.6) is 0 Å². The number of amides is 4. The number of alkyl carbamates (subject to hydrolysis) is 1. The Bertz CT molecular complexity index is 1090. The van der Waals surface area contributed by atoms with Crippen molar-refractivity contribution in [2.24, 2.45) is 11.8 Å². The van der Waals surface area contributed by atoms with Gasteiger partial charge >= 0.3 is 6.09 Å². The van der Waals surface area contributed by atoms with Crippen LogP contribution in [0.15, 0.2) is 11.6 Å². The van der Waals surface area contributed by atoms with Gasteiger partial charge < -0.3 is 25.6 Å². The first-order chi connectivity index (χ1) is 19.7. The third-order valence-electron chi connectivity index (χ3n) is 8.31. The Hall–Kier alpha value is -3.24. The van der Waals surface area contributed by atoms with Crippen molar-refractivity contribution in [1.29, 1.82) is 0 Å². The lowest BCUT2D eigenvalue weighted by Crippen LogP contribution is -2.57. The molecule has 1 aliphatic heterocycles. The van der Waals surface area contributed by atoms with Gasteiger partial charge in [-0.3, -0.25) is 24.0 Å². The number of hydrogen-bond donors (Lipinski definition) is 3. The van der Waals surface area contributed by atoms with Crippen LogP contribution >= 0.6 is 0 Å². The zero-order chi connectivity index (χ0) is 31.2. The maximum absolute atomic E-state index is 14.0. The first-order valence-corrected chi connectivity index (χ1v) is 15.4. The number of nitrogens with one attached hydrogen (secondary N) is 3. The zero-order valence-electron chi connectivity index (χ0n) is 25.9. The van der Waals surface area contributed by atoms with Gasteiger partial charge in [0.05, 0.1) is 6.04 Å². The van der Waals surface area contributed by atoms with E-state index in [9.17, 15) is 28.8 Å². The van der Waals surface area contributed by atoms with E-state index in [-0.39, 0.29) is 36.5 Å². The molecule has 0 bridgehead atoms. The van der Waals surface area contributed by atoms with Gasteiger partial charge in [-0.2, -0.15) is 0 Å². The summed E-state index contributed by atoms with van der Waals surface area (Å²) >= 11 is 0. The maximum Gasteiger partial charge on any atom is 0.408 e. The van der Waals surface area contributed by atoms with Crippen molar-refractivity contribution in [1.82, 2.24) is 20.9 Å². The van der Waals surface area contributed by atoms with Gasteiger partial charge in [-0.25, -0.2) is 4.79 Å². The predicted octanol–water partition coefficient (Wildman–Crippen LogP) is 2.95. The Balaban J connectivity index is 1.82. The van der Waals surface area contributed by atoms with E-state index in [1.54, 1.807) is 40.7 Å². The molecule has 2 aliphatic carbocycles. The van der Waals surface area contributed by atoms with Gasteiger partial charge in [0.15, 0.2) is 5.78 Å². The summed E-state index contributed by atoms with van der Waals surface area (Å²) in [6.45, 7) is 10.8. The van der Waals surface area contributed by atoms with Gasteiger partial charge in [-0.1, -0.05) is 25.8 Å². The molecule has 11 heteroatoms. The fourth-order valence-corrected chi connectivity index (χ4v) is 5.87. The van der Waals surface area contributed by atoms with Crippen LogP contribution in [0.3, 0.4) is 0 Å². The second kappa shape index (κ2) is 14.3. The molecule has 5 atom stereocenters. The van der Waals surface area contributed by atoms with Gasteiger partial charge in [0.2, 0.25) is 17.6 Å². The number of ether oxygens (including phenoxy) is 1. The molecule has 1 heterocycles. The third-order valence-corrected chi connectivity index (χ3v) is 8.31. The number of carbonyl (C=O) groups excluding carboxylic acids is 6. The Morgan fingerprint density at radius 3 is 2.26 bits per heavy atom. The molecule has 0 spiro atoms. The monoisotopic (exact) mass is 588 g/mol. The van der Waals surface area contributed by atoms with Crippen LogP contribution in [0.1, 0.15) is 99.3 Å². The predicted molar refractivity (Wildman–Crippen MR) is 156 cm³/mol. The average Bonchev–Trinajstić information content (AvgIpc) is 3.48. The van der Waals surface area contributed by atoms with Gasteiger partial charge in [-0.05, 0) is 90.6 Å². The summed E-state index contributed by atoms with van der Waals surface area (Å²) < 4.78 is 5.39. The first kappa shape index (κ1) is 33.3. The molecule has 0 aromatic heterocycles. The van der Waals surface area contributed by atoms with E-state index in [2.05, 4.69) is 16.0 Å². The summed E-state index contributed by atoms with van der Waals surface area (Å²) in [6.07, 6.45) is 6.08. The van der Waals surface area contributed by atoms with Crippen molar-refractivity contribution in [2.75, 3.05) is 6.54 Å². The Kier molecular flexibility index (Phi) is 11.3. The maximum atomic E-state index is 14.0. The lowest BCUT2D eigenvalue weighted by molar-refractivity contribution is -0.143. The summed E-state index contributed by atoms with van der Waals surface area (Å²) in [6, 6.07) is -2.91. The highest BCUT2D eigenvalue weighted by Gasteiger charge is 2.51. The molecule has 3 rings (SSSR count). The van der Waals surface area contributed by atoms with Crippen LogP contribution in [0.2, 0.25) is 0 Å². The molecule has 2 saturated carbocycles. The van der Waals surface area contributed by atoms with Crippen molar-refractivity contribution < 1.29 is 33.5 Å². The van der Waals surface area contributed by atoms with Gasteiger partial charge in [0.1, 0.15) is 17.7 Å². The molecule has 234 valence electrons. The SMILES string of the molecule is CC=C(C)C(=O)CC[C@H](NC(=O)OC(C)(C)C)C(=O)N1C[C@@H]2CCC[C@@H]2[C@H]1C(=O)N[C@@H](CCC)C(=O)C(=O)NC1CC1. The summed E-state index contributed by atoms with van der Waals surface area (Å²) in [7, 11) is 0. The summed E-state index contributed by atoms with van der Waals surface area (Å²) in [5.41, 5.74) is -0.238. The molecule has 3 N–H and O–H groups in total. The van der Waals surface area contributed by atoms with Crippen molar-refractivity contribution in [3.05, 3.63) is 11.6 Å². The van der Waals surface area contributed by atoms with Crippen LogP contribution in [0, 0.1) is 11.8 Å². The molecule has 11 nitrogen and oxygen atoms in total. The topological polar surface area (TPSA) is 151 Å². The normalized spacial score (nSPS) is 23.4. The van der Waals surface area contributed by atoms with Crippen molar-refractivity contribution in [2.45, 2.75) is 129 Å². The van der Waals surface area contributed by atoms with E-state index in [0.29, 0.717) is 25.0 Å². The van der Waals surface area contributed by atoms with Crippen LogP contribution in [-0.4, -0.2) is 76.6 Å². The van der Waals surface area contributed by atoms with E-state index < -0.39 is 53.3 Å². The van der Waals surface area contributed by atoms with Crippen LogP contribution in [-0.2, 0) is 28.7 Å². The lowest BCUT2D eigenvalue weighted by Gasteiger charge is -2.32. The molecule has 0 unspecified atom stereocenters. The molecular formula is C31H48N4O7. The quantitative estimate of drug-likeness (QED) is 0.221. The largest absolute Gasteiger partial charge is 0.444 e. The molecule has 3 fully saturated rings. The highest BCUT2D eigenvalue weighted by atomic mass is 16.6. The van der Waals surface area contributed by atoms with Crippen molar-refractivity contribution in [3.63, 3.8) is 0 Å². The molecule has 0 aromatic rings. The van der Waals surface area contributed by atoms with Crippen LogP contribution in [0.25, 0.3) is 0 Å². The lowest BCUT2D eigenvalue weighted by atomic mass is 9.92. The van der Waals surface area contributed by atoms with Gasteiger partial charge in [0, 0.05) is 19.0 Å². The minimum atomic E-state index is -1.08. The van der Waals surface area contributed by atoms with Crippen molar-refractivity contribution >= 4 is 35.4 Å². The number of nitrogens with zero attached hydrogens (tertiary/aromatic N) is 1. The highest BCUT2D eigenvalue weighted by Crippen LogP contribution is 2.42. The number of ketones is 2. The molecule has 1 saturated heterocycles. The van der Waals surface area contributed by atoms with Gasteiger partial charge in [0.25, 0.3) is 5.91 Å². The fraction of sp³-hybridized carbons (Fsp3) is 0.742. The number of carbonyl (C=O) groups is 6. The van der Waals surface area contributed by atoms with E-state index in [0.717, 1.165) is 32.1 Å². The number of Topliss-reactive ketones (excluding diaryl/α,β-unsaturated/α-hetero) is 2. The minimum absolute atomic E-state index is 0.0134. The number of allylic oxidation sites excluding steroid dienone is 2. The summed E-state index contributed by atoms with van der Waals surface area (Å²) in [5.74, 6) is -2.45. The molecular weight excluding hydrogens is 540 g/mol. The molecule has 4 amide bonds. The van der Waals surface area contributed by atoms with Crippen LogP contribution in [0.4, 0.5) is 4.79 Å². The Morgan fingerprint density at radius 1 is 0.976 bits per heavy atom. The summed E-state index contributed by atoms with van der Waals surface area (Å²) in [5, 5.41) is 8.14. The summed E-state index contributed by atoms with van der Waals surface area (Å²) in [4.78, 5) is 80.1. The molecule has 42 heavy (non-hydrogen) atoms. The van der Waals surface area contributed by atoms with Gasteiger partial charge in [-0.15, -0.1) is 0 Å². The Labute approximate surface area is 248 Å². The fourth-order valence-electron chi connectivity index (χ4n) is 5.87. The standard InChI is InChI=1S/C31H48N4O7/c1-7-10-22(26(37)28(39)32-20-13-14-20)33-27(38)25-21-12-9-11-19(21)17-35(25)29(40)23(15-16-24(36)18(3)8-2)34-30(41)42-31(4,5)6/h8,19-23,25H,7,9-17H2,1-6H3,(H,32,39)(H,33,38)(H,34,41)/t19-,21-,22-,23-,25-/m0/s1. The smallest absolute Gasteiger partial charge is 0.408 e. The van der Waals surface area contributed by atoms with E-state index in [1.165, 1.54) is 4.90 Å². The number of fused-ring (bicyclic) bond motifs is 1. The molecule has 0 radical (unpaired) electrons. The molecule has 0 aromatic carbocycles. The van der Waals surface area contributed by atoms with Crippen molar-refractivity contribution in [3.8, 4) is 0 Å². The van der Waals surface area contributed by atoms with E-state index in [4.69, 9.17) is 4.74 Å². The number of hydrogen-bond acceptors (Lipinski definition) is 7. The number of likely N-dealkylation sites (tertiary alicyclic amines) is 1. The average molecular weight is 589 g/mol.